The van der Waals surface area contributed by atoms with Crippen molar-refractivity contribution in [1.82, 2.24) is 0 Å². The van der Waals surface area contributed by atoms with Crippen molar-refractivity contribution in [2.45, 2.75) is 25.1 Å². The van der Waals surface area contributed by atoms with Crippen LogP contribution in [0, 0.1) is 5.92 Å². The fraction of sp³-hybridized carbons (Fsp3) is 1.00. The van der Waals surface area contributed by atoms with Crippen molar-refractivity contribution in [3.8, 4) is 0 Å². The first-order valence-electron chi connectivity index (χ1n) is 3.22. The molecule has 0 fully saturated rings. The van der Waals surface area contributed by atoms with Crippen LogP contribution in [0.1, 0.15) is 20.8 Å². The van der Waals surface area contributed by atoms with Crippen LogP contribution in [-0.4, -0.2) is 21.2 Å². The topological polar surface area (TPSA) is 9.23 Å². The molecule has 0 aliphatic carbocycles. The summed E-state index contributed by atoms with van der Waals surface area (Å²) in [5, 5.41) is 0. The molecular formula is C6H16OSSi. The fourth-order valence-corrected chi connectivity index (χ4v) is 1.76. The molecule has 0 spiro atoms. The molecule has 0 N–H and O–H groups in total. The lowest BCUT2D eigenvalue weighted by molar-refractivity contribution is 0.411. The van der Waals surface area contributed by atoms with Crippen LogP contribution in [0.5, 0.6) is 0 Å². The second-order valence-corrected chi connectivity index (χ2v) is 6.90. The molecule has 1 nitrogen and oxygen atoms in total. The summed E-state index contributed by atoms with van der Waals surface area (Å²) in [4.78, 5) is 0. The third kappa shape index (κ3) is 3.28. The highest BCUT2D eigenvalue weighted by Crippen LogP contribution is 2.21. The number of hydrogen-bond donors (Lipinski definition) is 1. The summed E-state index contributed by atoms with van der Waals surface area (Å²) in [5.41, 5.74) is 0. The van der Waals surface area contributed by atoms with E-state index in [1.165, 1.54) is 0 Å². The van der Waals surface area contributed by atoms with Crippen LogP contribution >= 0.6 is 12.6 Å². The summed E-state index contributed by atoms with van der Waals surface area (Å²) in [6, 6.07) is 0. The van der Waals surface area contributed by atoms with E-state index in [-0.39, 0.29) is 4.37 Å². The molecule has 0 aromatic carbocycles. The molecule has 1 atom stereocenters. The minimum Gasteiger partial charge on any atom is -0.426 e. The van der Waals surface area contributed by atoms with E-state index < -0.39 is 9.76 Å². The lowest BCUT2D eigenvalue weighted by atomic mass is 10.1. The van der Waals surface area contributed by atoms with E-state index in [4.69, 9.17) is 4.43 Å². The highest BCUT2D eigenvalue weighted by Gasteiger charge is 2.23. The monoisotopic (exact) mass is 164 g/mol. The lowest BCUT2D eigenvalue weighted by Crippen LogP contribution is -2.33. The summed E-state index contributed by atoms with van der Waals surface area (Å²) in [6.45, 7) is 6.51. The molecule has 1 unspecified atom stereocenters. The van der Waals surface area contributed by atoms with Crippen LogP contribution in [-0.2, 0) is 4.43 Å². The van der Waals surface area contributed by atoms with Gasteiger partial charge in [-0.05, 0) is 5.92 Å². The Bertz CT molecular complexity index is 83.1. The molecule has 0 saturated heterocycles. The number of rotatable bonds is 3. The van der Waals surface area contributed by atoms with Gasteiger partial charge in [0.2, 0.25) is 0 Å². The Labute approximate surface area is 65.5 Å². The first-order valence-corrected chi connectivity index (χ1v) is 4.95. The Kier molecular flexibility index (Phi) is 3.85. The number of thiol groups is 1. The smallest absolute Gasteiger partial charge is 0.176 e. The minimum absolute atomic E-state index is 0.161. The zero-order valence-corrected chi connectivity index (χ0v) is 8.95. The van der Waals surface area contributed by atoms with Gasteiger partial charge >= 0.3 is 0 Å². The first-order chi connectivity index (χ1) is 4.00. The Hall–Kier alpha value is 0.527. The van der Waals surface area contributed by atoms with E-state index in [0.717, 1.165) is 0 Å². The molecule has 3 heteroatoms. The maximum absolute atomic E-state index is 5.13. The van der Waals surface area contributed by atoms with Gasteiger partial charge in [0.25, 0.3) is 0 Å². The normalized spacial score (nSPS) is 19.3. The second kappa shape index (κ2) is 3.64. The van der Waals surface area contributed by atoms with E-state index in [0.29, 0.717) is 5.92 Å². The van der Waals surface area contributed by atoms with Gasteiger partial charge < -0.3 is 4.43 Å². The van der Waals surface area contributed by atoms with Gasteiger partial charge in [-0.25, -0.2) is 0 Å². The van der Waals surface area contributed by atoms with Gasteiger partial charge in [-0.2, -0.15) is 12.6 Å². The van der Waals surface area contributed by atoms with Gasteiger partial charge in [0.05, 0.1) is 0 Å². The Balaban J connectivity index is 3.70. The molecule has 0 aliphatic heterocycles. The second-order valence-electron chi connectivity index (χ2n) is 2.94. The van der Waals surface area contributed by atoms with Gasteiger partial charge in [-0.15, -0.1) is 0 Å². The summed E-state index contributed by atoms with van der Waals surface area (Å²) < 4.78 is 5.29. The average molecular weight is 164 g/mol. The zero-order valence-electron chi connectivity index (χ0n) is 6.64. The van der Waals surface area contributed by atoms with Crippen LogP contribution < -0.4 is 0 Å². The van der Waals surface area contributed by atoms with Crippen molar-refractivity contribution >= 4 is 22.4 Å². The van der Waals surface area contributed by atoms with Gasteiger partial charge in [0.15, 0.2) is 9.76 Å². The molecule has 0 aromatic rings. The molecule has 0 rings (SSSR count). The Morgan fingerprint density at radius 2 is 2.00 bits per heavy atom. The van der Waals surface area contributed by atoms with E-state index >= 15 is 0 Å². The molecule has 0 aliphatic rings. The molecule has 0 amide bonds. The van der Waals surface area contributed by atoms with Crippen LogP contribution in [0.4, 0.5) is 0 Å². The lowest BCUT2D eigenvalue weighted by Gasteiger charge is -2.25. The maximum atomic E-state index is 5.13. The van der Waals surface area contributed by atoms with Crippen LogP contribution in [0.15, 0.2) is 0 Å². The summed E-state index contributed by atoms with van der Waals surface area (Å²) in [6.07, 6.45) is 0. The quantitative estimate of drug-likeness (QED) is 0.484. The summed E-state index contributed by atoms with van der Waals surface area (Å²) in [7, 11) is 1.33. The zero-order chi connectivity index (χ0) is 7.49. The van der Waals surface area contributed by atoms with Crippen molar-refractivity contribution in [3.05, 3.63) is 0 Å². The van der Waals surface area contributed by atoms with Crippen LogP contribution in [0.25, 0.3) is 0 Å². The standard InChI is InChI=1S/C6H16OSSi/c1-5(2)6(3,8)9-7-4/h5,8H,9H2,1-4H3. The molecule has 0 bridgehead atoms. The van der Waals surface area contributed by atoms with Gasteiger partial charge in [-0.1, -0.05) is 20.8 Å². The predicted molar refractivity (Wildman–Crippen MR) is 47.8 cm³/mol. The molecule has 0 radical (unpaired) electrons. The summed E-state index contributed by atoms with van der Waals surface area (Å²) >= 11 is 4.50. The van der Waals surface area contributed by atoms with E-state index in [1.54, 1.807) is 7.11 Å². The molecule has 0 aromatic heterocycles. The van der Waals surface area contributed by atoms with Crippen molar-refractivity contribution in [2.24, 2.45) is 5.92 Å². The van der Waals surface area contributed by atoms with Crippen LogP contribution in [0.3, 0.4) is 0 Å². The van der Waals surface area contributed by atoms with Crippen molar-refractivity contribution in [1.29, 1.82) is 0 Å². The van der Waals surface area contributed by atoms with Crippen molar-refractivity contribution in [2.75, 3.05) is 7.11 Å². The average Bonchev–Trinajstić information content (AvgIpc) is 1.65. The minimum atomic E-state index is -0.434. The molecule has 0 saturated carbocycles. The van der Waals surface area contributed by atoms with Gasteiger partial charge in [0, 0.05) is 11.5 Å². The van der Waals surface area contributed by atoms with Crippen LogP contribution in [0.2, 0.25) is 0 Å². The largest absolute Gasteiger partial charge is 0.426 e. The Morgan fingerprint density at radius 3 is 2.11 bits per heavy atom. The molecule has 0 heterocycles. The molecule has 56 valence electrons. The van der Waals surface area contributed by atoms with Crippen molar-refractivity contribution in [3.63, 3.8) is 0 Å². The first kappa shape index (κ1) is 9.53. The highest BCUT2D eigenvalue weighted by molar-refractivity contribution is 7.83. The maximum Gasteiger partial charge on any atom is 0.176 e. The predicted octanol–water partition coefficient (Wildman–Crippen LogP) is 1.02. The number of hydrogen-bond acceptors (Lipinski definition) is 2. The molecular weight excluding hydrogens is 148 g/mol. The van der Waals surface area contributed by atoms with Crippen molar-refractivity contribution < 1.29 is 4.43 Å². The third-order valence-corrected chi connectivity index (χ3v) is 4.27. The van der Waals surface area contributed by atoms with E-state index in [9.17, 15) is 0 Å². The van der Waals surface area contributed by atoms with E-state index in [1.807, 2.05) is 0 Å². The Morgan fingerprint density at radius 1 is 1.56 bits per heavy atom. The SMILES string of the molecule is CO[SiH2]C(C)(S)C(C)C. The fourth-order valence-electron chi connectivity index (χ4n) is 0.459. The van der Waals surface area contributed by atoms with Gasteiger partial charge in [-0.3, -0.25) is 0 Å². The summed E-state index contributed by atoms with van der Waals surface area (Å²) in [5.74, 6) is 0.618. The molecule has 9 heavy (non-hydrogen) atoms. The van der Waals surface area contributed by atoms with Gasteiger partial charge in [0.1, 0.15) is 0 Å². The third-order valence-electron chi connectivity index (χ3n) is 1.68. The highest BCUT2D eigenvalue weighted by atomic mass is 32.1. The van der Waals surface area contributed by atoms with E-state index in [2.05, 4.69) is 33.4 Å².